The van der Waals surface area contributed by atoms with E-state index >= 15 is 0 Å². The third kappa shape index (κ3) is 2.23. The summed E-state index contributed by atoms with van der Waals surface area (Å²) in [6.45, 7) is 0. The van der Waals surface area contributed by atoms with Crippen molar-refractivity contribution >= 4 is 23.4 Å². The molecule has 13 heavy (non-hydrogen) atoms. The molecule has 0 fully saturated rings. The van der Waals surface area contributed by atoms with Gasteiger partial charge >= 0.3 is 0 Å². The molecule has 0 spiro atoms. The van der Waals surface area contributed by atoms with Gasteiger partial charge in [-0.3, -0.25) is 0 Å². The molecule has 0 aliphatic rings. The molecule has 0 radical (unpaired) electrons. The fraction of sp³-hybridized carbons (Fsp3) is 0.333. The second-order valence-electron chi connectivity index (χ2n) is 2.35. The average molecular weight is 219 g/mol. The van der Waals surface area contributed by atoms with Gasteiger partial charge < -0.3 is 9.47 Å². The molecular weight excluding hydrogens is 208 g/mol. The van der Waals surface area contributed by atoms with Gasteiger partial charge in [0.25, 0.3) is 0 Å². The van der Waals surface area contributed by atoms with Crippen LogP contribution >= 0.6 is 23.4 Å². The Bertz CT molecular complexity index is 277. The number of halogens is 1. The second-order valence-corrected chi connectivity index (χ2v) is 3.60. The topological polar surface area (TPSA) is 18.5 Å². The lowest BCUT2D eigenvalue weighted by molar-refractivity contribution is 0.393. The summed E-state index contributed by atoms with van der Waals surface area (Å²) in [5, 5.41) is 0.516. The third-order valence-corrected chi connectivity index (χ3v) is 2.73. The van der Waals surface area contributed by atoms with E-state index in [4.69, 9.17) is 21.1 Å². The quantitative estimate of drug-likeness (QED) is 0.727. The van der Waals surface area contributed by atoms with Crippen molar-refractivity contribution in [2.45, 2.75) is 4.90 Å². The minimum Gasteiger partial charge on any atom is -0.495 e. The Kier molecular flexibility index (Phi) is 3.75. The summed E-state index contributed by atoms with van der Waals surface area (Å²) in [5.41, 5.74) is 0. The van der Waals surface area contributed by atoms with Crippen LogP contribution < -0.4 is 9.47 Å². The number of benzene rings is 1. The van der Waals surface area contributed by atoms with E-state index in [1.54, 1.807) is 26.0 Å². The standard InChI is InChI=1S/C9H11ClO2S/c1-11-7-4-6(13-3)5-8(12-2)9(7)10/h4-5H,1-3H3. The van der Waals surface area contributed by atoms with Gasteiger partial charge in [0, 0.05) is 4.90 Å². The number of rotatable bonds is 3. The van der Waals surface area contributed by atoms with Crippen LogP contribution in [0, 0.1) is 0 Å². The molecule has 1 rings (SSSR count). The summed E-state index contributed by atoms with van der Waals surface area (Å²) in [6.07, 6.45) is 1.99. The number of hydrogen-bond acceptors (Lipinski definition) is 3. The van der Waals surface area contributed by atoms with E-state index in [9.17, 15) is 0 Å². The van der Waals surface area contributed by atoms with Gasteiger partial charge in [-0.1, -0.05) is 11.6 Å². The molecule has 0 atom stereocenters. The maximum atomic E-state index is 5.98. The minimum absolute atomic E-state index is 0.516. The smallest absolute Gasteiger partial charge is 0.142 e. The molecule has 2 nitrogen and oxygen atoms in total. The highest BCUT2D eigenvalue weighted by Gasteiger charge is 2.09. The maximum absolute atomic E-state index is 5.98. The molecule has 0 unspecified atom stereocenters. The normalized spacial score (nSPS) is 9.85. The van der Waals surface area contributed by atoms with Crippen LogP contribution in [-0.2, 0) is 0 Å². The maximum Gasteiger partial charge on any atom is 0.142 e. The first-order valence-electron chi connectivity index (χ1n) is 3.68. The molecular formula is C9H11ClO2S. The lowest BCUT2D eigenvalue weighted by Crippen LogP contribution is -1.90. The predicted octanol–water partition coefficient (Wildman–Crippen LogP) is 3.08. The third-order valence-electron chi connectivity index (χ3n) is 1.65. The summed E-state index contributed by atoms with van der Waals surface area (Å²) in [7, 11) is 3.18. The van der Waals surface area contributed by atoms with Crippen molar-refractivity contribution in [3.8, 4) is 11.5 Å². The van der Waals surface area contributed by atoms with E-state index < -0.39 is 0 Å². The molecule has 0 aromatic heterocycles. The monoisotopic (exact) mass is 218 g/mol. The van der Waals surface area contributed by atoms with Crippen LogP contribution in [0.15, 0.2) is 17.0 Å². The van der Waals surface area contributed by atoms with E-state index in [2.05, 4.69) is 0 Å². The van der Waals surface area contributed by atoms with Crippen molar-refractivity contribution in [1.82, 2.24) is 0 Å². The van der Waals surface area contributed by atoms with Crippen LogP contribution in [0.2, 0.25) is 5.02 Å². The highest BCUT2D eigenvalue weighted by molar-refractivity contribution is 7.98. The van der Waals surface area contributed by atoms with Crippen molar-refractivity contribution in [2.75, 3.05) is 20.5 Å². The van der Waals surface area contributed by atoms with E-state index in [-0.39, 0.29) is 0 Å². The van der Waals surface area contributed by atoms with Crippen LogP contribution in [-0.4, -0.2) is 20.5 Å². The Morgan fingerprint density at radius 1 is 1.15 bits per heavy atom. The van der Waals surface area contributed by atoms with Crippen LogP contribution in [0.25, 0.3) is 0 Å². The van der Waals surface area contributed by atoms with Gasteiger partial charge in [0.2, 0.25) is 0 Å². The minimum atomic E-state index is 0.516. The van der Waals surface area contributed by atoms with Crippen molar-refractivity contribution in [2.24, 2.45) is 0 Å². The van der Waals surface area contributed by atoms with Crippen LogP contribution in [0.5, 0.6) is 11.5 Å². The van der Waals surface area contributed by atoms with Crippen LogP contribution in [0.1, 0.15) is 0 Å². The van der Waals surface area contributed by atoms with E-state index in [0.29, 0.717) is 16.5 Å². The highest BCUT2D eigenvalue weighted by Crippen LogP contribution is 2.37. The first-order valence-corrected chi connectivity index (χ1v) is 5.28. The highest BCUT2D eigenvalue weighted by atomic mass is 35.5. The SMILES string of the molecule is COc1cc(SC)cc(OC)c1Cl. The Balaban J connectivity index is 3.20. The van der Waals surface area contributed by atoms with Gasteiger partial charge in [-0.05, 0) is 18.4 Å². The summed E-state index contributed by atoms with van der Waals surface area (Å²) in [5.74, 6) is 1.29. The molecule has 0 aliphatic heterocycles. The molecule has 0 aliphatic carbocycles. The Morgan fingerprint density at radius 2 is 1.62 bits per heavy atom. The molecule has 0 bridgehead atoms. The van der Waals surface area contributed by atoms with E-state index in [1.807, 2.05) is 18.4 Å². The molecule has 0 saturated heterocycles. The Hall–Kier alpha value is -0.540. The summed E-state index contributed by atoms with van der Waals surface area (Å²) >= 11 is 7.60. The molecule has 1 aromatic carbocycles. The summed E-state index contributed by atoms with van der Waals surface area (Å²) < 4.78 is 10.2. The fourth-order valence-corrected chi connectivity index (χ4v) is 1.68. The van der Waals surface area contributed by atoms with Gasteiger partial charge in [0.15, 0.2) is 0 Å². The van der Waals surface area contributed by atoms with Crippen molar-refractivity contribution < 1.29 is 9.47 Å². The molecule has 4 heteroatoms. The molecule has 0 saturated carbocycles. The number of hydrogen-bond donors (Lipinski definition) is 0. The zero-order valence-corrected chi connectivity index (χ0v) is 9.33. The molecule has 0 heterocycles. The number of thioether (sulfide) groups is 1. The first-order chi connectivity index (χ1) is 6.22. The van der Waals surface area contributed by atoms with Crippen LogP contribution in [0.3, 0.4) is 0 Å². The van der Waals surface area contributed by atoms with Gasteiger partial charge in [-0.15, -0.1) is 11.8 Å². The largest absolute Gasteiger partial charge is 0.495 e. The predicted molar refractivity (Wildman–Crippen MR) is 56.3 cm³/mol. The van der Waals surface area contributed by atoms with E-state index in [0.717, 1.165) is 4.90 Å². The van der Waals surface area contributed by atoms with Crippen molar-refractivity contribution in [3.63, 3.8) is 0 Å². The van der Waals surface area contributed by atoms with Gasteiger partial charge in [0.05, 0.1) is 14.2 Å². The van der Waals surface area contributed by atoms with Gasteiger partial charge in [-0.25, -0.2) is 0 Å². The number of ether oxygens (including phenoxy) is 2. The van der Waals surface area contributed by atoms with Crippen molar-refractivity contribution in [1.29, 1.82) is 0 Å². The zero-order valence-electron chi connectivity index (χ0n) is 7.76. The zero-order chi connectivity index (χ0) is 9.84. The van der Waals surface area contributed by atoms with Crippen LogP contribution in [0.4, 0.5) is 0 Å². The lowest BCUT2D eigenvalue weighted by atomic mass is 10.3. The van der Waals surface area contributed by atoms with E-state index in [1.165, 1.54) is 0 Å². The lowest BCUT2D eigenvalue weighted by Gasteiger charge is -2.09. The second kappa shape index (κ2) is 4.63. The Labute approximate surface area is 87.2 Å². The summed E-state index contributed by atoms with van der Waals surface area (Å²) in [6, 6.07) is 3.77. The molecule has 0 N–H and O–H groups in total. The number of methoxy groups -OCH3 is 2. The first kappa shape index (κ1) is 10.5. The van der Waals surface area contributed by atoms with Gasteiger partial charge in [-0.2, -0.15) is 0 Å². The Morgan fingerprint density at radius 3 is 1.92 bits per heavy atom. The summed E-state index contributed by atoms with van der Waals surface area (Å²) in [4.78, 5) is 1.07. The molecule has 1 aromatic rings. The van der Waals surface area contributed by atoms with Crippen molar-refractivity contribution in [3.05, 3.63) is 17.2 Å². The van der Waals surface area contributed by atoms with Gasteiger partial charge in [0.1, 0.15) is 16.5 Å². The molecule has 0 amide bonds. The fourth-order valence-electron chi connectivity index (χ4n) is 0.963. The molecule has 72 valence electrons. The average Bonchev–Trinajstić information content (AvgIpc) is 2.18.